The number of carbonyl (C=O) groups is 3. The van der Waals surface area contributed by atoms with E-state index in [0.29, 0.717) is 69.2 Å². The molecule has 1 aromatic carbocycles. The first kappa shape index (κ1) is 20.0. The Kier molecular flexibility index (Phi) is 6.38. The first-order chi connectivity index (χ1) is 13.6. The van der Waals surface area contributed by atoms with Crippen molar-refractivity contribution in [1.29, 1.82) is 0 Å². The zero-order chi connectivity index (χ0) is 20.1. The van der Waals surface area contributed by atoms with Crippen molar-refractivity contribution in [2.75, 3.05) is 53.5 Å². The molecule has 3 amide bonds. The number of ether oxygens (including phenoxy) is 2. The highest BCUT2D eigenvalue weighted by molar-refractivity contribution is 5.95. The summed E-state index contributed by atoms with van der Waals surface area (Å²) in [6.45, 7) is 3.46. The highest BCUT2D eigenvalue weighted by Gasteiger charge is 2.32. The van der Waals surface area contributed by atoms with Crippen LogP contribution in [0.15, 0.2) is 18.2 Å². The fourth-order valence-corrected chi connectivity index (χ4v) is 3.79. The van der Waals surface area contributed by atoms with Crippen molar-refractivity contribution in [3.8, 4) is 11.5 Å². The minimum absolute atomic E-state index is 0.0581. The molecule has 0 N–H and O–H groups in total. The van der Waals surface area contributed by atoms with Crippen LogP contribution in [0.4, 0.5) is 0 Å². The summed E-state index contributed by atoms with van der Waals surface area (Å²) in [5, 5.41) is 0. The quantitative estimate of drug-likeness (QED) is 0.698. The maximum Gasteiger partial charge on any atom is 0.253 e. The van der Waals surface area contributed by atoms with Gasteiger partial charge >= 0.3 is 0 Å². The lowest BCUT2D eigenvalue weighted by Crippen LogP contribution is -2.51. The summed E-state index contributed by atoms with van der Waals surface area (Å²) in [6.07, 6.45) is 2.15. The van der Waals surface area contributed by atoms with E-state index in [9.17, 15) is 14.4 Å². The van der Waals surface area contributed by atoms with Gasteiger partial charge in [0.05, 0.1) is 14.2 Å². The van der Waals surface area contributed by atoms with Gasteiger partial charge < -0.3 is 24.2 Å². The van der Waals surface area contributed by atoms with Crippen molar-refractivity contribution in [3.05, 3.63) is 23.8 Å². The van der Waals surface area contributed by atoms with E-state index < -0.39 is 0 Å². The summed E-state index contributed by atoms with van der Waals surface area (Å²) < 4.78 is 10.5. The number of carbonyl (C=O) groups excluding carboxylic acids is 3. The third-order valence-electron chi connectivity index (χ3n) is 5.54. The van der Waals surface area contributed by atoms with Crippen molar-refractivity contribution in [1.82, 2.24) is 14.7 Å². The number of amides is 3. The average molecular weight is 389 g/mol. The molecule has 0 saturated carbocycles. The number of piperazine rings is 1. The van der Waals surface area contributed by atoms with E-state index in [4.69, 9.17) is 9.47 Å². The van der Waals surface area contributed by atoms with Gasteiger partial charge in [0.15, 0.2) is 11.5 Å². The largest absolute Gasteiger partial charge is 0.493 e. The smallest absolute Gasteiger partial charge is 0.253 e. The summed E-state index contributed by atoms with van der Waals surface area (Å²) in [4.78, 5) is 41.7. The standard InChI is InChI=1S/C20H27N3O5/c1-27-17-4-3-16(13-18(17)28-2)20(26)22-7-5-15(6-8-22)19(25)23-11-9-21(14-24)10-12-23/h3-4,13-15H,5-12H2,1-2H3. The Morgan fingerprint density at radius 2 is 1.57 bits per heavy atom. The molecule has 2 heterocycles. The van der Waals surface area contributed by atoms with E-state index in [1.54, 1.807) is 35.1 Å². The van der Waals surface area contributed by atoms with Gasteiger partial charge in [-0.2, -0.15) is 0 Å². The normalized spacial score (nSPS) is 18.0. The third-order valence-corrected chi connectivity index (χ3v) is 5.54. The summed E-state index contributed by atoms with van der Waals surface area (Å²) in [5.41, 5.74) is 0.549. The van der Waals surface area contributed by atoms with Crippen LogP contribution in [0, 0.1) is 5.92 Å². The lowest BCUT2D eigenvalue weighted by Gasteiger charge is -2.37. The Hall–Kier alpha value is -2.77. The van der Waals surface area contributed by atoms with Crippen molar-refractivity contribution in [2.45, 2.75) is 12.8 Å². The summed E-state index contributed by atoms with van der Waals surface area (Å²) >= 11 is 0. The van der Waals surface area contributed by atoms with E-state index in [-0.39, 0.29) is 17.7 Å². The SMILES string of the molecule is COc1ccc(C(=O)N2CCC(C(=O)N3CCN(C=O)CC3)CC2)cc1OC. The molecule has 8 heteroatoms. The van der Waals surface area contributed by atoms with Crippen molar-refractivity contribution >= 4 is 18.2 Å². The van der Waals surface area contributed by atoms with E-state index >= 15 is 0 Å². The molecule has 0 atom stereocenters. The summed E-state index contributed by atoms with van der Waals surface area (Å²) in [6, 6.07) is 5.14. The van der Waals surface area contributed by atoms with Crippen molar-refractivity contribution < 1.29 is 23.9 Å². The minimum Gasteiger partial charge on any atom is -0.493 e. The molecular formula is C20H27N3O5. The minimum atomic E-state index is -0.0635. The second kappa shape index (κ2) is 8.95. The summed E-state index contributed by atoms with van der Waals surface area (Å²) in [7, 11) is 3.10. The maximum atomic E-state index is 12.8. The fraction of sp³-hybridized carbons (Fsp3) is 0.550. The predicted octanol–water partition coefficient (Wildman–Crippen LogP) is 0.857. The molecular weight excluding hydrogens is 362 g/mol. The molecule has 2 saturated heterocycles. The van der Waals surface area contributed by atoms with E-state index in [1.165, 1.54) is 7.11 Å². The highest BCUT2D eigenvalue weighted by atomic mass is 16.5. The molecule has 0 aliphatic carbocycles. The van der Waals surface area contributed by atoms with Crippen LogP contribution in [-0.4, -0.2) is 86.4 Å². The molecule has 152 valence electrons. The molecule has 2 fully saturated rings. The zero-order valence-electron chi connectivity index (χ0n) is 16.4. The number of hydrogen-bond donors (Lipinski definition) is 0. The molecule has 8 nitrogen and oxygen atoms in total. The predicted molar refractivity (Wildman–Crippen MR) is 102 cm³/mol. The van der Waals surface area contributed by atoms with Crippen LogP contribution in [-0.2, 0) is 9.59 Å². The molecule has 1 aromatic rings. The Bertz CT molecular complexity index is 723. The fourth-order valence-electron chi connectivity index (χ4n) is 3.79. The second-order valence-electron chi connectivity index (χ2n) is 7.10. The summed E-state index contributed by atoms with van der Waals surface area (Å²) in [5.74, 6) is 1.12. The Morgan fingerprint density at radius 1 is 0.929 bits per heavy atom. The van der Waals surface area contributed by atoms with Gasteiger partial charge in [0, 0.05) is 50.7 Å². The Morgan fingerprint density at radius 3 is 2.14 bits per heavy atom. The molecule has 0 spiro atoms. The number of benzene rings is 1. The second-order valence-corrected chi connectivity index (χ2v) is 7.10. The van der Waals surface area contributed by atoms with Crippen LogP contribution in [0.3, 0.4) is 0 Å². The van der Waals surface area contributed by atoms with Gasteiger partial charge in [-0.25, -0.2) is 0 Å². The molecule has 0 radical (unpaired) electrons. The van der Waals surface area contributed by atoms with Gasteiger partial charge in [0.2, 0.25) is 12.3 Å². The lowest BCUT2D eigenvalue weighted by molar-refractivity contribution is -0.140. The van der Waals surface area contributed by atoms with E-state index in [0.717, 1.165) is 6.41 Å². The van der Waals surface area contributed by atoms with E-state index in [1.807, 2.05) is 4.90 Å². The average Bonchev–Trinajstić information content (AvgIpc) is 2.77. The van der Waals surface area contributed by atoms with Crippen LogP contribution in [0.5, 0.6) is 11.5 Å². The molecule has 28 heavy (non-hydrogen) atoms. The van der Waals surface area contributed by atoms with Crippen LogP contribution in [0.2, 0.25) is 0 Å². The Labute approximate surface area is 165 Å². The Balaban J connectivity index is 1.55. The van der Waals surface area contributed by atoms with E-state index in [2.05, 4.69) is 0 Å². The number of piperidine rings is 1. The lowest BCUT2D eigenvalue weighted by atomic mass is 9.94. The van der Waals surface area contributed by atoms with Gasteiger partial charge in [0.25, 0.3) is 5.91 Å². The number of methoxy groups -OCH3 is 2. The van der Waals surface area contributed by atoms with Gasteiger partial charge in [-0.1, -0.05) is 0 Å². The third kappa shape index (κ3) is 4.21. The zero-order valence-corrected chi connectivity index (χ0v) is 16.4. The van der Waals surface area contributed by atoms with Gasteiger partial charge in [-0.05, 0) is 31.0 Å². The number of rotatable bonds is 5. The monoisotopic (exact) mass is 389 g/mol. The highest BCUT2D eigenvalue weighted by Crippen LogP contribution is 2.29. The number of likely N-dealkylation sites (tertiary alicyclic amines) is 1. The number of nitrogens with zero attached hydrogens (tertiary/aromatic N) is 3. The first-order valence-corrected chi connectivity index (χ1v) is 9.56. The van der Waals surface area contributed by atoms with Gasteiger partial charge in [-0.15, -0.1) is 0 Å². The molecule has 3 rings (SSSR count). The van der Waals surface area contributed by atoms with Crippen LogP contribution < -0.4 is 9.47 Å². The molecule has 0 unspecified atom stereocenters. The molecule has 0 aromatic heterocycles. The van der Waals surface area contributed by atoms with Crippen molar-refractivity contribution in [3.63, 3.8) is 0 Å². The van der Waals surface area contributed by atoms with Crippen LogP contribution in [0.1, 0.15) is 23.2 Å². The molecule has 0 bridgehead atoms. The molecule has 2 aliphatic rings. The van der Waals surface area contributed by atoms with Gasteiger partial charge in [0.1, 0.15) is 0 Å². The van der Waals surface area contributed by atoms with Crippen LogP contribution >= 0.6 is 0 Å². The van der Waals surface area contributed by atoms with Crippen molar-refractivity contribution in [2.24, 2.45) is 5.92 Å². The topological polar surface area (TPSA) is 79.4 Å². The maximum absolute atomic E-state index is 12.8. The number of hydrogen-bond acceptors (Lipinski definition) is 5. The molecule has 2 aliphatic heterocycles. The van der Waals surface area contributed by atoms with Gasteiger partial charge in [-0.3, -0.25) is 14.4 Å². The van der Waals surface area contributed by atoms with Crippen LogP contribution in [0.25, 0.3) is 0 Å². The first-order valence-electron chi connectivity index (χ1n) is 9.56.